The number of amides is 1. The number of carbonyl (C=O) groups excluding carboxylic acids is 1. The van der Waals surface area contributed by atoms with Crippen LogP contribution in [-0.2, 0) is 9.59 Å². The fraction of sp³-hybridized carbons (Fsp3) is 0.846. The molecule has 0 radical (unpaired) electrons. The number of carboxylic acid groups (broad SMARTS) is 1. The Morgan fingerprint density at radius 3 is 2.50 bits per heavy atom. The van der Waals surface area contributed by atoms with Crippen LogP contribution in [0.3, 0.4) is 0 Å². The molecule has 1 amide bonds. The molecule has 0 aromatic heterocycles. The van der Waals surface area contributed by atoms with Gasteiger partial charge in [-0.1, -0.05) is 19.3 Å². The Morgan fingerprint density at radius 1 is 1.22 bits per heavy atom. The average Bonchev–Trinajstić information content (AvgIpc) is 2.76. The van der Waals surface area contributed by atoms with Gasteiger partial charge >= 0.3 is 5.97 Å². The molecule has 1 heterocycles. The van der Waals surface area contributed by atoms with Crippen molar-refractivity contribution in [2.75, 3.05) is 6.54 Å². The summed E-state index contributed by atoms with van der Waals surface area (Å²) in [6.07, 6.45) is 6.34. The van der Waals surface area contributed by atoms with E-state index in [0.29, 0.717) is 6.54 Å². The summed E-state index contributed by atoms with van der Waals surface area (Å²) in [6, 6.07) is -0.155. The predicted octanol–water partition coefficient (Wildman–Crippen LogP) is 1.11. The predicted molar refractivity (Wildman–Crippen MR) is 67.0 cm³/mol. The van der Waals surface area contributed by atoms with E-state index in [9.17, 15) is 9.59 Å². The highest BCUT2D eigenvalue weighted by molar-refractivity contribution is 5.87. The molecule has 3 N–H and O–H groups in total. The number of nitrogens with zero attached hydrogens (tertiary/aromatic N) is 1. The number of likely N-dealkylation sites (tertiary alicyclic amines) is 1. The van der Waals surface area contributed by atoms with Crippen molar-refractivity contribution < 1.29 is 14.7 Å². The molecule has 2 fully saturated rings. The third-order valence-electron chi connectivity index (χ3n) is 4.22. The van der Waals surface area contributed by atoms with Crippen molar-refractivity contribution in [3.8, 4) is 0 Å². The number of rotatable bonds is 3. The molecule has 1 saturated carbocycles. The molecule has 18 heavy (non-hydrogen) atoms. The molecule has 2 aliphatic rings. The standard InChI is InChI=1S/C13H22N2O3/c14-13(6-2-1-3-7-13)12(18)15-8-4-5-10(15)9-11(16)17/h10H,1-9,14H2,(H,16,17). The van der Waals surface area contributed by atoms with Crippen LogP contribution in [0.4, 0.5) is 0 Å². The molecule has 2 rings (SSSR count). The maximum Gasteiger partial charge on any atom is 0.305 e. The Bertz CT molecular complexity index is 337. The summed E-state index contributed by atoms with van der Waals surface area (Å²) in [5.74, 6) is -0.861. The Morgan fingerprint density at radius 2 is 1.89 bits per heavy atom. The van der Waals surface area contributed by atoms with E-state index in [1.807, 2.05) is 0 Å². The van der Waals surface area contributed by atoms with E-state index in [1.54, 1.807) is 4.90 Å². The largest absolute Gasteiger partial charge is 0.481 e. The van der Waals surface area contributed by atoms with Crippen molar-refractivity contribution in [2.45, 2.75) is 62.9 Å². The van der Waals surface area contributed by atoms with E-state index in [0.717, 1.165) is 44.9 Å². The second-order valence-electron chi connectivity index (χ2n) is 5.61. The van der Waals surface area contributed by atoms with Gasteiger partial charge in [0, 0.05) is 12.6 Å². The van der Waals surface area contributed by atoms with Crippen LogP contribution in [0.15, 0.2) is 0 Å². The van der Waals surface area contributed by atoms with Gasteiger partial charge in [0.2, 0.25) is 5.91 Å². The fourth-order valence-electron chi connectivity index (χ4n) is 3.20. The molecule has 1 unspecified atom stereocenters. The van der Waals surface area contributed by atoms with Crippen molar-refractivity contribution in [2.24, 2.45) is 5.73 Å². The van der Waals surface area contributed by atoms with Gasteiger partial charge in [-0.25, -0.2) is 0 Å². The van der Waals surface area contributed by atoms with Crippen LogP contribution in [0.25, 0.3) is 0 Å². The van der Waals surface area contributed by atoms with Gasteiger partial charge in [0.1, 0.15) is 0 Å². The first-order valence-electron chi connectivity index (χ1n) is 6.85. The molecule has 1 saturated heterocycles. The molecule has 1 aliphatic carbocycles. The lowest BCUT2D eigenvalue weighted by Gasteiger charge is -2.37. The molecule has 5 heteroatoms. The second-order valence-corrected chi connectivity index (χ2v) is 5.61. The van der Waals surface area contributed by atoms with Crippen LogP contribution in [0.5, 0.6) is 0 Å². The molecule has 0 bridgehead atoms. The third kappa shape index (κ3) is 2.66. The highest BCUT2D eigenvalue weighted by Gasteiger charge is 2.42. The van der Waals surface area contributed by atoms with Crippen molar-refractivity contribution >= 4 is 11.9 Å². The third-order valence-corrected chi connectivity index (χ3v) is 4.22. The minimum atomic E-state index is -0.839. The first-order valence-corrected chi connectivity index (χ1v) is 6.85. The Balaban J connectivity index is 2.04. The van der Waals surface area contributed by atoms with Gasteiger partial charge in [-0.15, -0.1) is 0 Å². The quantitative estimate of drug-likeness (QED) is 0.790. The van der Waals surface area contributed by atoms with E-state index in [-0.39, 0.29) is 18.4 Å². The first-order chi connectivity index (χ1) is 8.53. The zero-order valence-electron chi connectivity index (χ0n) is 10.7. The lowest BCUT2D eigenvalue weighted by atomic mass is 9.81. The highest BCUT2D eigenvalue weighted by Crippen LogP contribution is 2.31. The maximum atomic E-state index is 12.5. The Kier molecular flexibility index (Phi) is 3.90. The number of aliphatic carboxylic acids is 1. The number of hydrogen-bond acceptors (Lipinski definition) is 3. The zero-order valence-corrected chi connectivity index (χ0v) is 10.7. The van der Waals surface area contributed by atoms with Gasteiger partial charge in [-0.05, 0) is 25.7 Å². The number of carbonyl (C=O) groups is 2. The first kappa shape index (κ1) is 13.3. The summed E-state index contributed by atoms with van der Waals surface area (Å²) in [4.78, 5) is 25.1. The topological polar surface area (TPSA) is 83.6 Å². The van der Waals surface area contributed by atoms with E-state index in [1.165, 1.54) is 0 Å². The van der Waals surface area contributed by atoms with Crippen LogP contribution in [0.2, 0.25) is 0 Å². The van der Waals surface area contributed by atoms with Crippen molar-refractivity contribution in [3.63, 3.8) is 0 Å². The van der Waals surface area contributed by atoms with Crippen LogP contribution in [-0.4, -0.2) is 40.0 Å². The molecule has 1 atom stereocenters. The van der Waals surface area contributed by atoms with Gasteiger partial charge < -0.3 is 15.7 Å². The number of nitrogens with two attached hydrogens (primary N) is 1. The summed E-state index contributed by atoms with van der Waals surface area (Å²) < 4.78 is 0. The van der Waals surface area contributed by atoms with Crippen LogP contribution >= 0.6 is 0 Å². The lowest BCUT2D eigenvalue weighted by Crippen LogP contribution is -2.57. The van der Waals surface area contributed by atoms with E-state index >= 15 is 0 Å². The second kappa shape index (κ2) is 5.26. The SMILES string of the molecule is NC1(C(=O)N2CCCC2CC(=O)O)CCCCC1. The van der Waals surface area contributed by atoms with Gasteiger partial charge in [0.25, 0.3) is 0 Å². The smallest absolute Gasteiger partial charge is 0.305 e. The van der Waals surface area contributed by atoms with E-state index < -0.39 is 11.5 Å². The minimum absolute atomic E-state index is 0.0223. The number of carboxylic acids is 1. The van der Waals surface area contributed by atoms with Crippen molar-refractivity contribution in [3.05, 3.63) is 0 Å². The van der Waals surface area contributed by atoms with Crippen molar-refractivity contribution in [1.29, 1.82) is 0 Å². The summed E-state index contributed by atoms with van der Waals surface area (Å²) in [5, 5.41) is 8.88. The normalized spacial score (nSPS) is 27.2. The molecular formula is C13H22N2O3. The Labute approximate surface area is 107 Å². The average molecular weight is 254 g/mol. The van der Waals surface area contributed by atoms with E-state index in [2.05, 4.69) is 0 Å². The number of hydrogen-bond donors (Lipinski definition) is 2. The van der Waals surface area contributed by atoms with Gasteiger partial charge in [-0.3, -0.25) is 9.59 Å². The highest BCUT2D eigenvalue weighted by atomic mass is 16.4. The van der Waals surface area contributed by atoms with Gasteiger partial charge in [0.15, 0.2) is 0 Å². The molecular weight excluding hydrogens is 232 g/mol. The molecule has 5 nitrogen and oxygen atoms in total. The fourth-order valence-corrected chi connectivity index (χ4v) is 3.20. The van der Waals surface area contributed by atoms with Crippen molar-refractivity contribution in [1.82, 2.24) is 4.90 Å². The Hall–Kier alpha value is -1.10. The minimum Gasteiger partial charge on any atom is -0.481 e. The molecule has 0 aromatic carbocycles. The van der Waals surface area contributed by atoms with Gasteiger partial charge in [0.05, 0.1) is 12.0 Å². The lowest BCUT2D eigenvalue weighted by molar-refractivity contribution is -0.142. The molecule has 0 spiro atoms. The summed E-state index contributed by atoms with van der Waals surface area (Å²) in [6.45, 7) is 0.662. The summed E-state index contributed by atoms with van der Waals surface area (Å²) in [5.41, 5.74) is 5.50. The van der Waals surface area contributed by atoms with Crippen LogP contribution in [0.1, 0.15) is 51.4 Å². The zero-order chi connectivity index (χ0) is 13.2. The maximum absolute atomic E-state index is 12.5. The monoisotopic (exact) mass is 254 g/mol. The van der Waals surface area contributed by atoms with E-state index in [4.69, 9.17) is 10.8 Å². The van der Waals surface area contributed by atoms with Crippen LogP contribution in [0, 0.1) is 0 Å². The molecule has 0 aromatic rings. The molecule has 1 aliphatic heterocycles. The summed E-state index contributed by atoms with van der Waals surface area (Å²) >= 11 is 0. The van der Waals surface area contributed by atoms with Crippen LogP contribution < -0.4 is 5.73 Å². The molecule has 102 valence electrons. The summed E-state index contributed by atoms with van der Waals surface area (Å²) in [7, 11) is 0. The van der Waals surface area contributed by atoms with Gasteiger partial charge in [-0.2, -0.15) is 0 Å².